The molecule has 0 heterocycles. The van der Waals surface area contributed by atoms with Crippen LogP contribution in [0.25, 0.3) is 0 Å². The Hall–Kier alpha value is 0.640. The molecule has 34 valence electrons. The van der Waals surface area contributed by atoms with Crippen LogP contribution in [-0.2, 0) is 0 Å². The Kier molecular flexibility index (Phi) is 4.50. The van der Waals surface area contributed by atoms with E-state index in [0.29, 0.717) is 6.23 Å². The van der Waals surface area contributed by atoms with Gasteiger partial charge in [-0.15, -0.1) is 0 Å². The van der Waals surface area contributed by atoms with Gasteiger partial charge in [-0.2, -0.15) is 0 Å². The molecule has 0 rings (SSSR count). The van der Waals surface area contributed by atoms with Crippen molar-refractivity contribution in [1.82, 2.24) is 0 Å². The molecule has 0 unspecified atom stereocenters. The maximum absolute atomic E-state index is 6.64. The van der Waals surface area contributed by atoms with E-state index in [1.54, 1.807) is 0 Å². The summed E-state index contributed by atoms with van der Waals surface area (Å²) < 4.78 is 7.50. The highest BCUT2D eigenvalue weighted by Crippen LogP contribution is 1.84. The highest BCUT2D eigenvalue weighted by molar-refractivity contribution is 14.1. The van der Waals surface area contributed by atoms with Crippen molar-refractivity contribution in [3.63, 3.8) is 0 Å². The van der Waals surface area contributed by atoms with E-state index in [9.17, 15) is 0 Å². The largest absolute Gasteiger partial charge is 0.0806 e. The van der Waals surface area contributed by atoms with Gasteiger partial charge in [-0.05, 0) is 11.5 Å². The van der Waals surface area contributed by atoms with Crippen LogP contribution in [-0.4, -0.2) is 10.7 Å². The summed E-state index contributed by atoms with van der Waals surface area (Å²) in [7, 11) is 0. The van der Waals surface area contributed by atoms with Gasteiger partial charge in [0.05, 0.1) is 4.43 Å². The van der Waals surface area contributed by atoms with Gasteiger partial charge in [0, 0.05) is 1.37 Å². The standard InChI is InChI=1S/C4H5IS/c1-6-4-2-3-5/h3H2,1H3/i1T. The molecule has 0 atom stereocenters. The summed E-state index contributed by atoms with van der Waals surface area (Å²) in [4.78, 5) is 0. The maximum atomic E-state index is 6.64. The van der Waals surface area contributed by atoms with Gasteiger partial charge in [0.25, 0.3) is 0 Å². The summed E-state index contributed by atoms with van der Waals surface area (Å²) in [6.07, 6.45) is 0.351. The van der Waals surface area contributed by atoms with E-state index < -0.39 is 0 Å². The van der Waals surface area contributed by atoms with Crippen LogP contribution in [0.4, 0.5) is 0 Å². The summed E-state index contributed by atoms with van der Waals surface area (Å²) in [5.41, 5.74) is 0. The topological polar surface area (TPSA) is 0 Å². The Balaban J connectivity index is 2.91. The highest BCUT2D eigenvalue weighted by Gasteiger charge is 1.57. The van der Waals surface area contributed by atoms with E-state index in [0.717, 1.165) is 4.43 Å². The molecular formula is C4H5IS. The summed E-state index contributed by atoms with van der Waals surface area (Å²) in [6.45, 7) is 0. The number of alkyl halides is 1. The smallest absolute Gasteiger partial charge is 0.0618 e. The minimum absolute atomic E-state index is 0.351. The summed E-state index contributed by atoms with van der Waals surface area (Å²) in [5.74, 6) is 2.83. The molecule has 0 fully saturated rings. The zero-order valence-corrected chi connectivity index (χ0v) is 6.17. The second-order valence-electron chi connectivity index (χ2n) is 0.557. The molecule has 0 aromatic rings. The lowest BCUT2D eigenvalue weighted by atomic mass is 10.8. The Morgan fingerprint density at radius 1 is 2.17 bits per heavy atom. The maximum Gasteiger partial charge on any atom is 0.0618 e. The van der Waals surface area contributed by atoms with Crippen molar-refractivity contribution in [2.45, 2.75) is 0 Å². The SMILES string of the molecule is [3H]CSC#CCI. The predicted octanol–water partition coefficient (Wildman–Crippen LogP) is 1.75. The van der Waals surface area contributed by atoms with Crippen LogP contribution in [0.5, 0.6) is 0 Å². The van der Waals surface area contributed by atoms with E-state index in [-0.39, 0.29) is 0 Å². The third kappa shape index (κ3) is 4.64. The number of rotatable bonds is 0. The van der Waals surface area contributed by atoms with Gasteiger partial charge in [0.1, 0.15) is 0 Å². The van der Waals surface area contributed by atoms with E-state index in [2.05, 4.69) is 33.8 Å². The van der Waals surface area contributed by atoms with Gasteiger partial charge in [0.2, 0.25) is 0 Å². The zero-order valence-electron chi connectivity index (χ0n) is 4.20. The summed E-state index contributed by atoms with van der Waals surface area (Å²) in [6, 6.07) is 0. The fraction of sp³-hybridized carbons (Fsp3) is 0.500. The molecule has 0 aliphatic rings. The lowest BCUT2D eigenvalue weighted by Crippen LogP contribution is -1.52. The van der Waals surface area contributed by atoms with Crippen LogP contribution in [0.1, 0.15) is 1.37 Å². The average molecular weight is 214 g/mol. The van der Waals surface area contributed by atoms with E-state index in [1.807, 2.05) is 0 Å². The first-order valence-corrected chi connectivity index (χ1v) is 3.87. The summed E-state index contributed by atoms with van der Waals surface area (Å²) >= 11 is 3.51. The zero-order chi connectivity index (χ0) is 5.54. The summed E-state index contributed by atoms with van der Waals surface area (Å²) in [5, 5.41) is 2.76. The quantitative estimate of drug-likeness (QED) is 0.336. The Morgan fingerprint density at radius 2 is 3.00 bits per heavy atom. The van der Waals surface area contributed by atoms with Gasteiger partial charge in [-0.1, -0.05) is 40.3 Å². The van der Waals surface area contributed by atoms with Crippen LogP contribution in [0.2, 0.25) is 0 Å². The van der Waals surface area contributed by atoms with Gasteiger partial charge >= 0.3 is 0 Å². The van der Waals surface area contributed by atoms with Crippen molar-refractivity contribution < 1.29 is 1.37 Å². The number of hydrogen-bond donors (Lipinski definition) is 0. The lowest BCUT2D eigenvalue weighted by Gasteiger charge is -1.64. The number of thioether (sulfide) groups is 1. The molecule has 0 aliphatic heterocycles. The molecular weight excluding hydrogens is 207 g/mol. The fourth-order valence-electron chi connectivity index (χ4n) is 0.0783. The Morgan fingerprint density at radius 3 is 3.50 bits per heavy atom. The molecule has 2 heteroatoms. The third-order valence-corrected chi connectivity index (χ3v) is 0.881. The first-order valence-electron chi connectivity index (χ1n) is 2.07. The van der Waals surface area contributed by atoms with Crippen molar-refractivity contribution in [1.29, 1.82) is 0 Å². The molecule has 0 bridgehead atoms. The second kappa shape index (κ2) is 5.64. The Bertz CT molecular complexity index is 83.4. The highest BCUT2D eigenvalue weighted by atomic mass is 127. The predicted molar refractivity (Wildman–Crippen MR) is 40.2 cm³/mol. The molecule has 0 N–H and O–H groups in total. The van der Waals surface area contributed by atoms with Crippen LogP contribution >= 0.6 is 34.4 Å². The molecule has 0 aliphatic carbocycles. The monoisotopic (exact) mass is 214 g/mol. The van der Waals surface area contributed by atoms with Gasteiger partial charge in [-0.3, -0.25) is 0 Å². The number of hydrogen-bond acceptors (Lipinski definition) is 1. The lowest BCUT2D eigenvalue weighted by molar-refractivity contribution is 2.05. The first-order chi connectivity index (χ1) is 3.41. The molecule has 0 aromatic carbocycles. The van der Waals surface area contributed by atoms with Crippen LogP contribution in [0.3, 0.4) is 0 Å². The molecule has 0 saturated heterocycles. The fourth-order valence-corrected chi connectivity index (χ4v) is 0.702. The molecule has 0 spiro atoms. The number of halogens is 1. The van der Waals surface area contributed by atoms with Crippen LogP contribution < -0.4 is 0 Å². The second-order valence-corrected chi connectivity index (χ2v) is 1.81. The van der Waals surface area contributed by atoms with E-state index >= 15 is 0 Å². The van der Waals surface area contributed by atoms with Crippen molar-refractivity contribution >= 4 is 34.4 Å². The van der Waals surface area contributed by atoms with Crippen molar-refractivity contribution in [3.8, 4) is 11.2 Å². The third-order valence-electron chi connectivity index (χ3n) is 0.211. The molecule has 0 aromatic heterocycles. The normalized spacial score (nSPS) is 8.50. The molecule has 6 heavy (non-hydrogen) atoms. The van der Waals surface area contributed by atoms with Gasteiger partial charge in [-0.25, -0.2) is 0 Å². The minimum Gasteiger partial charge on any atom is -0.0806 e. The molecule has 0 nitrogen and oxygen atoms in total. The minimum atomic E-state index is 0.351. The van der Waals surface area contributed by atoms with E-state index in [1.165, 1.54) is 11.8 Å². The van der Waals surface area contributed by atoms with Crippen LogP contribution in [0, 0.1) is 11.2 Å². The van der Waals surface area contributed by atoms with Gasteiger partial charge in [0.15, 0.2) is 0 Å². The molecule has 0 saturated carbocycles. The first kappa shape index (κ1) is 4.79. The van der Waals surface area contributed by atoms with E-state index in [4.69, 9.17) is 1.37 Å². The average Bonchev–Trinajstić information content (AvgIpc) is 1.69. The van der Waals surface area contributed by atoms with Crippen molar-refractivity contribution in [2.75, 3.05) is 10.7 Å². The van der Waals surface area contributed by atoms with Crippen molar-refractivity contribution in [2.24, 2.45) is 0 Å². The van der Waals surface area contributed by atoms with Crippen LogP contribution in [0.15, 0.2) is 0 Å². The van der Waals surface area contributed by atoms with Crippen molar-refractivity contribution in [3.05, 3.63) is 0 Å². The molecule has 0 radical (unpaired) electrons. The van der Waals surface area contributed by atoms with Gasteiger partial charge < -0.3 is 0 Å². The molecule has 0 amide bonds. The Labute approximate surface area is 57.6 Å².